The molecule has 0 radical (unpaired) electrons. The third kappa shape index (κ3) is 9.25. The van der Waals surface area contributed by atoms with Gasteiger partial charge in [-0.2, -0.15) is 13.2 Å². The van der Waals surface area contributed by atoms with Gasteiger partial charge in [-0.15, -0.1) is 11.3 Å². The molecule has 2 aromatic heterocycles. The molecule has 15 heteroatoms. The number of H-pyrrole nitrogens is 1. The average molecular weight is 786 g/mol. The summed E-state index contributed by atoms with van der Waals surface area (Å²) in [5.41, 5.74) is 2.78. The van der Waals surface area contributed by atoms with Crippen molar-refractivity contribution in [2.45, 2.75) is 82.6 Å². The molecule has 3 N–H and O–H groups in total. The lowest BCUT2D eigenvalue weighted by Gasteiger charge is -2.47. The number of aromatic hydroxyl groups is 1. The summed E-state index contributed by atoms with van der Waals surface area (Å²) in [5, 5.41) is 15.0. The molecule has 10 nitrogen and oxygen atoms in total. The van der Waals surface area contributed by atoms with Crippen LogP contribution in [0.4, 0.5) is 13.2 Å². The van der Waals surface area contributed by atoms with Crippen molar-refractivity contribution in [1.29, 1.82) is 0 Å². The van der Waals surface area contributed by atoms with Crippen LogP contribution >= 0.6 is 11.3 Å². The number of halogens is 3. The van der Waals surface area contributed by atoms with Gasteiger partial charge in [0.05, 0.1) is 30.4 Å². The molecule has 1 amide bonds. The minimum Gasteiger partial charge on any atom is -0.506 e. The van der Waals surface area contributed by atoms with Crippen molar-refractivity contribution in [2.75, 3.05) is 45.9 Å². The summed E-state index contributed by atoms with van der Waals surface area (Å²) in [4.78, 5) is 35.4. The van der Waals surface area contributed by atoms with Crippen LogP contribution in [0.15, 0.2) is 58.7 Å². The third-order valence-corrected chi connectivity index (χ3v) is 16.5. The molecule has 54 heavy (non-hydrogen) atoms. The van der Waals surface area contributed by atoms with Gasteiger partial charge in [-0.3, -0.25) is 14.5 Å². The Morgan fingerprint density at radius 3 is 2.56 bits per heavy atom. The number of fused-ring (bicyclic) bond motifs is 1. The van der Waals surface area contributed by atoms with Crippen molar-refractivity contribution in [2.24, 2.45) is 0 Å². The predicted molar refractivity (Wildman–Crippen MR) is 206 cm³/mol. The maximum Gasteiger partial charge on any atom is 0.443 e. The molecule has 2 aromatic carbocycles. The second-order valence-electron chi connectivity index (χ2n) is 16.0. The number of aromatic amines is 1. The number of hydrogen-bond donors (Lipinski definition) is 3. The molecule has 0 bridgehead atoms. The zero-order valence-corrected chi connectivity index (χ0v) is 33.3. The summed E-state index contributed by atoms with van der Waals surface area (Å²) in [6.45, 7) is 15.7. The molecule has 6 rings (SSSR count). The Labute approximate surface area is 318 Å². The van der Waals surface area contributed by atoms with E-state index in [4.69, 9.17) is 9.16 Å². The molecule has 0 saturated carbocycles. The number of nitrogens with one attached hydrogen (secondary N) is 2. The van der Waals surface area contributed by atoms with Gasteiger partial charge >= 0.3 is 6.18 Å². The molecule has 2 aliphatic rings. The third-order valence-electron chi connectivity index (χ3n) is 11.1. The second kappa shape index (κ2) is 15.9. The van der Waals surface area contributed by atoms with Crippen LogP contribution < -0.4 is 10.9 Å². The van der Waals surface area contributed by atoms with E-state index in [1.165, 1.54) is 22.6 Å². The van der Waals surface area contributed by atoms with Crippen molar-refractivity contribution >= 4 is 36.5 Å². The fourth-order valence-electron chi connectivity index (χ4n) is 7.00. The van der Waals surface area contributed by atoms with Crippen molar-refractivity contribution in [3.05, 3.63) is 91.7 Å². The largest absolute Gasteiger partial charge is 0.506 e. The van der Waals surface area contributed by atoms with Gasteiger partial charge in [0.15, 0.2) is 13.3 Å². The first-order valence-corrected chi connectivity index (χ1v) is 22.2. The van der Waals surface area contributed by atoms with E-state index >= 15 is 0 Å². The molecule has 1 atom stereocenters. The number of alkyl halides is 3. The summed E-state index contributed by atoms with van der Waals surface area (Å²) >= 11 is 0.442. The number of likely N-dealkylation sites (tertiary alicyclic amines) is 1. The Hall–Kier alpha value is -3.60. The van der Waals surface area contributed by atoms with E-state index in [0.29, 0.717) is 43.1 Å². The number of phenolic OH excluding ortho intramolecular Hbond substituents is 1. The lowest BCUT2D eigenvalue weighted by molar-refractivity contribution is -0.137. The van der Waals surface area contributed by atoms with Crippen molar-refractivity contribution in [3.8, 4) is 5.75 Å². The highest BCUT2D eigenvalue weighted by Gasteiger charge is 2.43. The lowest BCUT2D eigenvalue weighted by Crippen LogP contribution is -2.58. The highest BCUT2D eigenvalue weighted by molar-refractivity contribution is 7.10. The van der Waals surface area contributed by atoms with Gasteiger partial charge in [0, 0.05) is 49.6 Å². The number of hydrogen-bond acceptors (Lipinski definition) is 9. The van der Waals surface area contributed by atoms with Crippen LogP contribution in [-0.4, -0.2) is 90.6 Å². The zero-order chi connectivity index (χ0) is 38.9. The van der Waals surface area contributed by atoms with E-state index in [1.807, 2.05) is 6.07 Å². The molecule has 4 heterocycles. The standard InChI is InChI=1S/C39H50F3N5O5SSi/c1-37(2,3)54(4,5)52-32(28-9-11-31(48)34-29(28)10-12-33(49)45-34)22-43-16-13-26-7-6-8-27(21-26)23-46-17-14-38(15-18-46)25-47(19-20-51-38)35(50)30-24-53-36(44-30)39(40,41)42/h6-12,21,24,32,43,48H,13-20,22-23,25H2,1-5H3,(H,45,49)/t32-/m0/s1. The predicted octanol–water partition coefficient (Wildman–Crippen LogP) is 7.11. The van der Waals surface area contributed by atoms with Crippen molar-refractivity contribution in [1.82, 2.24) is 25.1 Å². The number of amides is 1. The van der Waals surface area contributed by atoms with Crippen LogP contribution in [0.5, 0.6) is 5.75 Å². The molecule has 2 fully saturated rings. The lowest BCUT2D eigenvalue weighted by atomic mass is 9.89. The highest BCUT2D eigenvalue weighted by Crippen LogP contribution is 2.41. The smallest absolute Gasteiger partial charge is 0.443 e. The first-order valence-electron chi connectivity index (χ1n) is 18.4. The maximum absolute atomic E-state index is 13.1. The van der Waals surface area contributed by atoms with Gasteiger partial charge in [0.25, 0.3) is 5.91 Å². The number of ether oxygens (including phenoxy) is 1. The average Bonchev–Trinajstić information content (AvgIpc) is 3.62. The van der Waals surface area contributed by atoms with Gasteiger partial charge in [-0.1, -0.05) is 51.1 Å². The van der Waals surface area contributed by atoms with Crippen LogP contribution in [0.25, 0.3) is 10.9 Å². The SMILES string of the molecule is CC(C)(C)[Si](C)(C)O[C@@H](CNCCc1cccc(CN2CCC3(CC2)CN(C(=O)c2csc(C(F)(F)F)n2)CCO3)c1)c1ccc(O)c2[nH]c(=O)ccc12. The number of morpholine rings is 1. The summed E-state index contributed by atoms with van der Waals surface area (Å²) in [6.07, 6.45) is -2.61. The number of piperidine rings is 1. The van der Waals surface area contributed by atoms with Crippen LogP contribution in [-0.2, 0) is 28.3 Å². The Morgan fingerprint density at radius 2 is 1.85 bits per heavy atom. The first kappa shape index (κ1) is 40.1. The van der Waals surface area contributed by atoms with Gasteiger partial charge in [0.2, 0.25) is 5.56 Å². The molecule has 0 unspecified atom stereocenters. The molecule has 2 aliphatic heterocycles. The van der Waals surface area contributed by atoms with Gasteiger partial charge in [-0.25, -0.2) is 4.98 Å². The minimum atomic E-state index is -4.57. The number of rotatable bonds is 11. The zero-order valence-electron chi connectivity index (χ0n) is 31.5. The topological polar surface area (TPSA) is 120 Å². The highest BCUT2D eigenvalue weighted by atomic mass is 32.1. The second-order valence-corrected chi connectivity index (χ2v) is 21.6. The van der Waals surface area contributed by atoms with E-state index < -0.39 is 31.0 Å². The van der Waals surface area contributed by atoms with E-state index in [-0.39, 0.29) is 28.1 Å². The molecule has 2 saturated heterocycles. The fraction of sp³-hybridized carbons (Fsp3) is 0.513. The van der Waals surface area contributed by atoms with Crippen LogP contribution in [0.3, 0.4) is 0 Å². The Bertz CT molecular complexity index is 2000. The van der Waals surface area contributed by atoms with E-state index in [2.05, 4.69) is 78.3 Å². The maximum atomic E-state index is 13.1. The first-order chi connectivity index (χ1) is 25.4. The van der Waals surface area contributed by atoms with E-state index in [9.17, 15) is 27.9 Å². The number of nitrogens with zero attached hydrogens (tertiary/aromatic N) is 3. The molecule has 1 spiro atoms. The Kier molecular flexibility index (Phi) is 11.8. The van der Waals surface area contributed by atoms with Crippen LogP contribution in [0.2, 0.25) is 18.1 Å². The van der Waals surface area contributed by atoms with E-state index in [1.54, 1.807) is 17.0 Å². The summed E-state index contributed by atoms with van der Waals surface area (Å²) in [5.74, 6) is -0.459. The van der Waals surface area contributed by atoms with Crippen LogP contribution in [0.1, 0.15) is 71.9 Å². The number of phenols is 1. The fourth-order valence-corrected chi connectivity index (χ4v) is 8.93. The molecule has 0 aliphatic carbocycles. The van der Waals surface area contributed by atoms with Gasteiger partial charge < -0.3 is 29.5 Å². The summed E-state index contributed by atoms with van der Waals surface area (Å²) in [7, 11) is -2.20. The molecule has 4 aromatic rings. The van der Waals surface area contributed by atoms with E-state index in [0.717, 1.165) is 56.4 Å². The Balaban J connectivity index is 1.03. The number of aromatic nitrogens is 2. The van der Waals surface area contributed by atoms with Gasteiger partial charge in [-0.05, 0) is 72.8 Å². The summed E-state index contributed by atoms with van der Waals surface area (Å²) in [6, 6.07) is 15.3. The number of pyridine rings is 1. The normalized spacial score (nSPS) is 17.7. The van der Waals surface area contributed by atoms with Crippen molar-refractivity contribution in [3.63, 3.8) is 0 Å². The summed E-state index contributed by atoms with van der Waals surface area (Å²) < 4.78 is 52.4. The molecule has 292 valence electrons. The number of carbonyl (C=O) groups excluding carboxylic acids is 1. The number of carbonyl (C=O) groups is 1. The molecular formula is C39H50F3N5O5SSi. The van der Waals surface area contributed by atoms with Crippen LogP contribution in [0, 0.1) is 0 Å². The quantitative estimate of drug-likeness (QED) is 0.109. The number of benzene rings is 2. The minimum absolute atomic E-state index is 0.0143. The van der Waals surface area contributed by atoms with Gasteiger partial charge in [0.1, 0.15) is 11.4 Å². The Morgan fingerprint density at radius 1 is 1.11 bits per heavy atom. The van der Waals surface area contributed by atoms with Crippen molar-refractivity contribution < 1.29 is 32.2 Å². The monoisotopic (exact) mass is 785 g/mol. The molecular weight excluding hydrogens is 736 g/mol. The number of thiazole rings is 1.